The fourth-order valence-electron chi connectivity index (χ4n) is 3.19. The Kier molecular flexibility index (Phi) is 2.05. The van der Waals surface area contributed by atoms with Crippen LogP contribution in [0.3, 0.4) is 0 Å². The Labute approximate surface area is 121 Å². The molecular weight excluding hydrogens is 262 g/mol. The number of hydrogen-bond donors (Lipinski definition) is 0. The molecule has 1 aliphatic rings. The normalized spacial score (nSPS) is 18.1. The van der Waals surface area contributed by atoms with Crippen LogP contribution in [0.25, 0.3) is 32.6 Å². The van der Waals surface area contributed by atoms with Gasteiger partial charge in [0.05, 0.1) is 16.4 Å². The van der Waals surface area contributed by atoms with Crippen molar-refractivity contribution in [2.24, 2.45) is 0 Å². The topological polar surface area (TPSA) is 4.93 Å². The molecule has 0 aliphatic carbocycles. The van der Waals surface area contributed by atoms with Crippen LogP contribution in [0.2, 0.25) is 0 Å². The van der Waals surface area contributed by atoms with E-state index in [9.17, 15) is 0 Å². The molecule has 2 heteroatoms. The van der Waals surface area contributed by atoms with Gasteiger partial charge in [0.1, 0.15) is 0 Å². The monoisotopic (exact) mass is 275 g/mol. The highest BCUT2D eigenvalue weighted by atomic mass is 32.2. The first-order valence-corrected chi connectivity index (χ1v) is 8.00. The van der Waals surface area contributed by atoms with Crippen molar-refractivity contribution < 1.29 is 0 Å². The molecule has 1 nitrogen and oxygen atoms in total. The highest BCUT2D eigenvalue weighted by Crippen LogP contribution is 2.47. The molecule has 1 aromatic heterocycles. The molecule has 0 radical (unpaired) electrons. The number of para-hydroxylation sites is 1. The molecule has 1 aliphatic heterocycles. The van der Waals surface area contributed by atoms with Crippen molar-refractivity contribution >= 4 is 44.3 Å². The molecule has 2 heterocycles. The molecule has 0 bridgehead atoms. The minimum atomic E-state index is 0.624. The fourth-order valence-corrected chi connectivity index (χ4v) is 3.80. The zero-order chi connectivity index (χ0) is 13.1. The van der Waals surface area contributed by atoms with Crippen molar-refractivity contribution in [2.45, 2.75) is 5.37 Å². The Morgan fingerprint density at radius 3 is 2.30 bits per heavy atom. The smallest absolute Gasteiger partial charge is 0.0891 e. The Balaban J connectivity index is 2.05. The number of rotatable bonds is 1. The third-order valence-corrected chi connectivity index (χ3v) is 5.02. The van der Waals surface area contributed by atoms with Crippen LogP contribution in [0.15, 0.2) is 60.7 Å². The maximum absolute atomic E-state index is 2.52. The summed E-state index contributed by atoms with van der Waals surface area (Å²) >= 11 is 2.02. The van der Waals surface area contributed by atoms with Gasteiger partial charge < -0.3 is 4.57 Å². The van der Waals surface area contributed by atoms with E-state index >= 15 is 0 Å². The average molecular weight is 275 g/mol. The van der Waals surface area contributed by atoms with E-state index in [0.29, 0.717) is 5.37 Å². The van der Waals surface area contributed by atoms with Crippen LogP contribution in [0, 0.1) is 0 Å². The van der Waals surface area contributed by atoms with E-state index in [1.807, 2.05) is 11.8 Å². The molecule has 1 atom stereocenters. The largest absolute Gasteiger partial charge is 0.327 e. The lowest BCUT2D eigenvalue weighted by Gasteiger charge is -2.04. The summed E-state index contributed by atoms with van der Waals surface area (Å²) in [6.07, 6.45) is 0. The zero-order valence-corrected chi connectivity index (χ0v) is 11.7. The van der Waals surface area contributed by atoms with Crippen molar-refractivity contribution in [1.82, 2.24) is 4.57 Å². The number of fused-ring (bicyclic) bond motifs is 4. The SMILES string of the molecule is c1ccc2cc3c(cc2c1)c1ccccc1n3C1CS1. The van der Waals surface area contributed by atoms with Gasteiger partial charge >= 0.3 is 0 Å². The number of hydrogen-bond acceptors (Lipinski definition) is 1. The number of aromatic nitrogens is 1. The molecule has 20 heavy (non-hydrogen) atoms. The van der Waals surface area contributed by atoms with Crippen molar-refractivity contribution in [2.75, 3.05) is 5.75 Å². The first-order chi connectivity index (χ1) is 9.92. The van der Waals surface area contributed by atoms with Crippen LogP contribution in [0.5, 0.6) is 0 Å². The molecule has 3 aromatic carbocycles. The average Bonchev–Trinajstić information content (AvgIpc) is 3.28. The summed E-state index contributed by atoms with van der Waals surface area (Å²) in [6.45, 7) is 0. The quantitative estimate of drug-likeness (QED) is 0.433. The Bertz CT molecular complexity index is 963. The maximum atomic E-state index is 2.52. The predicted octanol–water partition coefficient (Wildman–Crippen LogP) is 5.19. The highest BCUT2D eigenvalue weighted by Gasteiger charge is 2.28. The first kappa shape index (κ1) is 10.8. The second kappa shape index (κ2) is 3.80. The molecule has 0 saturated carbocycles. The molecule has 1 unspecified atom stereocenters. The summed E-state index contributed by atoms with van der Waals surface area (Å²) in [5, 5.41) is 6.03. The van der Waals surface area contributed by atoms with E-state index in [1.54, 1.807) is 0 Å². The molecular formula is C18H13NS. The van der Waals surface area contributed by atoms with Crippen LogP contribution >= 0.6 is 11.8 Å². The molecule has 4 aromatic rings. The van der Waals surface area contributed by atoms with Gasteiger partial charge in [-0.2, -0.15) is 0 Å². The van der Waals surface area contributed by atoms with Gasteiger partial charge in [-0.05, 0) is 29.0 Å². The summed E-state index contributed by atoms with van der Waals surface area (Å²) in [4.78, 5) is 0. The molecule has 1 fully saturated rings. The van der Waals surface area contributed by atoms with Gasteiger partial charge in [0.25, 0.3) is 0 Å². The predicted molar refractivity (Wildman–Crippen MR) is 88.4 cm³/mol. The molecule has 96 valence electrons. The van der Waals surface area contributed by atoms with E-state index in [0.717, 1.165) is 0 Å². The summed E-state index contributed by atoms with van der Waals surface area (Å²) < 4.78 is 2.52. The summed E-state index contributed by atoms with van der Waals surface area (Å²) in [5.74, 6) is 1.24. The molecule has 1 saturated heterocycles. The number of benzene rings is 3. The van der Waals surface area contributed by atoms with Gasteiger partial charge in [-0.15, -0.1) is 11.8 Å². The summed E-state index contributed by atoms with van der Waals surface area (Å²) in [6, 6.07) is 22.1. The summed E-state index contributed by atoms with van der Waals surface area (Å²) in [5.41, 5.74) is 2.74. The van der Waals surface area contributed by atoms with E-state index in [4.69, 9.17) is 0 Å². The van der Waals surface area contributed by atoms with Crippen molar-refractivity contribution in [1.29, 1.82) is 0 Å². The van der Waals surface area contributed by atoms with Gasteiger partial charge in [-0.3, -0.25) is 0 Å². The Morgan fingerprint density at radius 2 is 1.50 bits per heavy atom. The fraction of sp³-hybridized carbons (Fsp3) is 0.111. The Morgan fingerprint density at radius 1 is 0.800 bits per heavy atom. The highest BCUT2D eigenvalue weighted by molar-refractivity contribution is 8.06. The van der Waals surface area contributed by atoms with Crippen LogP contribution in [0.1, 0.15) is 5.37 Å². The lowest BCUT2D eigenvalue weighted by atomic mass is 10.1. The number of thioether (sulfide) groups is 1. The second-order valence-corrected chi connectivity index (χ2v) is 6.60. The van der Waals surface area contributed by atoms with Crippen molar-refractivity contribution in [3.63, 3.8) is 0 Å². The first-order valence-electron chi connectivity index (χ1n) is 6.95. The summed E-state index contributed by atoms with van der Waals surface area (Å²) in [7, 11) is 0. The van der Waals surface area contributed by atoms with E-state index in [1.165, 1.54) is 38.3 Å². The van der Waals surface area contributed by atoms with E-state index < -0.39 is 0 Å². The zero-order valence-electron chi connectivity index (χ0n) is 10.9. The third-order valence-electron chi connectivity index (χ3n) is 4.18. The van der Waals surface area contributed by atoms with Gasteiger partial charge in [0.15, 0.2) is 0 Å². The standard InChI is InChI=1S/C18H13NS/c1-2-6-13-10-17-15(9-12(13)5-1)14-7-3-4-8-16(14)19(17)18-11-20-18/h1-10,18H,11H2. The van der Waals surface area contributed by atoms with E-state index in [2.05, 4.69) is 65.2 Å². The van der Waals surface area contributed by atoms with Crippen molar-refractivity contribution in [3.05, 3.63) is 60.7 Å². The van der Waals surface area contributed by atoms with Crippen molar-refractivity contribution in [3.8, 4) is 0 Å². The van der Waals surface area contributed by atoms with Crippen LogP contribution in [0.4, 0.5) is 0 Å². The molecule has 0 amide bonds. The van der Waals surface area contributed by atoms with Gasteiger partial charge in [0, 0.05) is 16.5 Å². The second-order valence-electron chi connectivity index (χ2n) is 5.39. The van der Waals surface area contributed by atoms with Gasteiger partial charge in [0.2, 0.25) is 0 Å². The lowest BCUT2D eigenvalue weighted by Crippen LogP contribution is -1.92. The minimum Gasteiger partial charge on any atom is -0.327 e. The Hall–Kier alpha value is -1.93. The van der Waals surface area contributed by atoms with Crippen LogP contribution < -0.4 is 0 Å². The van der Waals surface area contributed by atoms with Gasteiger partial charge in [-0.1, -0.05) is 42.5 Å². The minimum absolute atomic E-state index is 0.624. The maximum Gasteiger partial charge on any atom is 0.0891 e. The molecule has 0 N–H and O–H groups in total. The van der Waals surface area contributed by atoms with E-state index in [-0.39, 0.29) is 0 Å². The van der Waals surface area contributed by atoms with Crippen LogP contribution in [-0.4, -0.2) is 10.3 Å². The lowest BCUT2D eigenvalue weighted by molar-refractivity contribution is 0.878. The third kappa shape index (κ3) is 1.40. The van der Waals surface area contributed by atoms with Crippen LogP contribution in [-0.2, 0) is 0 Å². The molecule has 5 rings (SSSR count). The molecule has 0 spiro atoms. The van der Waals surface area contributed by atoms with Gasteiger partial charge in [-0.25, -0.2) is 0 Å². The number of nitrogens with zero attached hydrogens (tertiary/aromatic N) is 1.